The molecule has 0 bridgehead atoms. The molecule has 0 saturated heterocycles. The Bertz CT molecular complexity index is 1110. The Kier molecular flexibility index (Phi) is 5.38. The second kappa shape index (κ2) is 8.19. The fourth-order valence-electron chi connectivity index (χ4n) is 4.19. The molecule has 0 atom stereocenters. The molecule has 7 heteroatoms. The largest absolute Gasteiger partial charge is 0.494 e. The van der Waals surface area contributed by atoms with E-state index >= 15 is 0 Å². The highest BCUT2D eigenvalue weighted by molar-refractivity contribution is 7.99. The number of aryl methyl sites for hydroxylation is 1. The molecule has 0 aliphatic heterocycles. The summed E-state index contributed by atoms with van der Waals surface area (Å²) in [7, 11) is 0. The number of carbonyl (C=O) groups is 1. The number of Topliss-reactive ketones (excluding diaryl/α,β-unsaturated/α-hetero) is 1. The van der Waals surface area contributed by atoms with Crippen LogP contribution in [0.5, 0.6) is 5.75 Å². The van der Waals surface area contributed by atoms with Gasteiger partial charge in [0.2, 0.25) is 0 Å². The van der Waals surface area contributed by atoms with Crippen LogP contribution in [0.3, 0.4) is 0 Å². The van der Waals surface area contributed by atoms with Crippen molar-refractivity contribution in [3.8, 4) is 11.4 Å². The van der Waals surface area contributed by atoms with Gasteiger partial charge in [-0.1, -0.05) is 11.8 Å². The molecule has 3 aromatic rings. The van der Waals surface area contributed by atoms with Crippen molar-refractivity contribution in [2.45, 2.75) is 63.6 Å². The first-order chi connectivity index (χ1) is 15.1. The highest BCUT2D eigenvalue weighted by Gasteiger charge is 2.36. The molecular weight excluding hydrogens is 408 g/mol. The maximum atomic E-state index is 13.1. The first-order valence-electron chi connectivity index (χ1n) is 11.1. The summed E-state index contributed by atoms with van der Waals surface area (Å²) in [5.41, 5.74) is 3.83. The maximum absolute atomic E-state index is 13.1. The van der Waals surface area contributed by atoms with Crippen molar-refractivity contribution in [3.63, 3.8) is 0 Å². The predicted molar refractivity (Wildman–Crippen MR) is 122 cm³/mol. The molecule has 2 saturated carbocycles. The first kappa shape index (κ1) is 20.4. The molecule has 0 N–H and O–H groups in total. The van der Waals surface area contributed by atoms with E-state index in [2.05, 4.69) is 19.3 Å². The maximum Gasteiger partial charge on any atom is 0.191 e. The third-order valence-electron chi connectivity index (χ3n) is 6.02. The summed E-state index contributed by atoms with van der Waals surface area (Å²) < 4.78 is 9.98. The van der Waals surface area contributed by atoms with Crippen LogP contribution < -0.4 is 4.74 Å². The highest BCUT2D eigenvalue weighted by Crippen LogP contribution is 2.46. The van der Waals surface area contributed by atoms with E-state index in [-0.39, 0.29) is 5.78 Å². The van der Waals surface area contributed by atoms with E-state index in [9.17, 15) is 4.79 Å². The minimum absolute atomic E-state index is 0.133. The van der Waals surface area contributed by atoms with Gasteiger partial charge in [-0.25, -0.2) is 0 Å². The zero-order valence-corrected chi connectivity index (χ0v) is 19.1. The van der Waals surface area contributed by atoms with Crippen molar-refractivity contribution in [2.75, 3.05) is 12.4 Å². The van der Waals surface area contributed by atoms with Gasteiger partial charge in [0.25, 0.3) is 0 Å². The number of thioether (sulfide) groups is 1. The number of rotatable bonds is 9. The van der Waals surface area contributed by atoms with Gasteiger partial charge in [-0.15, -0.1) is 10.2 Å². The van der Waals surface area contributed by atoms with E-state index in [1.54, 1.807) is 0 Å². The van der Waals surface area contributed by atoms with Crippen molar-refractivity contribution in [1.29, 1.82) is 0 Å². The van der Waals surface area contributed by atoms with Crippen LogP contribution in [0.2, 0.25) is 0 Å². The summed E-state index contributed by atoms with van der Waals surface area (Å²) in [6.45, 7) is 6.68. The standard InChI is InChI=1S/C24H28N4O2S/c1-4-30-20-11-9-18(10-12-20)27-15(2)13-21(16(27)3)22(29)14-31-24-26-25-23(17-5-6-17)28(24)19-7-8-19/h9-13,17,19H,4-8,14H2,1-3H3. The van der Waals surface area contributed by atoms with E-state index in [1.807, 2.05) is 51.1 Å². The Labute approximate surface area is 187 Å². The lowest BCUT2D eigenvalue weighted by Gasteiger charge is -2.11. The molecule has 1 aromatic carbocycles. The topological polar surface area (TPSA) is 61.9 Å². The molecule has 2 fully saturated rings. The van der Waals surface area contributed by atoms with Crippen LogP contribution in [0.15, 0.2) is 35.5 Å². The zero-order valence-electron chi connectivity index (χ0n) is 18.3. The van der Waals surface area contributed by atoms with Crippen LogP contribution in [0.1, 0.15) is 72.1 Å². The predicted octanol–water partition coefficient (Wildman–Crippen LogP) is 5.27. The number of nitrogens with zero attached hydrogens (tertiary/aromatic N) is 4. The lowest BCUT2D eigenvalue weighted by atomic mass is 10.2. The summed E-state index contributed by atoms with van der Waals surface area (Å²) in [6.07, 6.45) is 4.82. The fraction of sp³-hybridized carbons (Fsp3) is 0.458. The number of hydrogen-bond acceptors (Lipinski definition) is 5. The van der Waals surface area contributed by atoms with Crippen molar-refractivity contribution in [1.82, 2.24) is 19.3 Å². The lowest BCUT2D eigenvalue weighted by Crippen LogP contribution is -2.07. The van der Waals surface area contributed by atoms with Crippen LogP contribution in [0, 0.1) is 13.8 Å². The Balaban J connectivity index is 1.33. The Hall–Kier alpha value is -2.54. The monoisotopic (exact) mass is 436 g/mol. The third kappa shape index (κ3) is 4.03. The normalized spacial score (nSPS) is 16.0. The van der Waals surface area contributed by atoms with Gasteiger partial charge in [-0.2, -0.15) is 0 Å². The summed E-state index contributed by atoms with van der Waals surface area (Å²) in [4.78, 5) is 13.1. The molecule has 2 heterocycles. The molecule has 2 aliphatic rings. The summed E-state index contributed by atoms with van der Waals surface area (Å²) >= 11 is 1.53. The van der Waals surface area contributed by atoms with Gasteiger partial charge in [0.15, 0.2) is 10.9 Å². The van der Waals surface area contributed by atoms with Crippen LogP contribution >= 0.6 is 11.8 Å². The van der Waals surface area contributed by atoms with Gasteiger partial charge < -0.3 is 13.9 Å². The third-order valence-corrected chi connectivity index (χ3v) is 6.96. The second-order valence-corrected chi connectivity index (χ2v) is 9.42. The zero-order chi connectivity index (χ0) is 21.5. The Morgan fingerprint density at radius 3 is 2.52 bits per heavy atom. The minimum atomic E-state index is 0.133. The molecule has 162 valence electrons. The van der Waals surface area contributed by atoms with Crippen LogP contribution in [-0.2, 0) is 0 Å². The smallest absolute Gasteiger partial charge is 0.191 e. The van der Waals surface area contributed by atoms with Crippen LogP contribution in [0.4, 0.5) is 0 Å². The fourth-order valence-corrected chi connectivity index (χ4v) is 5.09. The minimum Gasteiger partial charge on any atom is -0.494 e. The molecule has 0 unspecified atom stereocenters. The van der Waals surface area contributed by atoms with Crippen LogP contribution in [-0.4, -0.2) is 37.5 Å². The average molecular weight is 437 g/mol. The lowest BCUT2D eigenvalue weighted by molar-refractivity contribution is 0.102. The van der Waals surface area contributed by atoms with Gasteiger partial charge in [-0.3, -0.25) is 4.79 Å². The van der Waals surface area contributed by atoms with E-state index < -0.39 is 0 Å². The molecule has 2 aliphatic carbocycles. The molecule has 0 amide bonds. The quantitative estimate of drug-likeness (QED) is 0.338. The number of ether oxygens (including phenoxy) is 1. The van der Waals surface area contributed by atoms with Crippen molar-refractivity contribution >= 4 is 17.5 Å². The van der Waals surface area contributed by atoms with E-state index in [4.69, 9.17) is 4.74 Å². The van der Waals surface area contributed by atoms with Crippen LogP contribution in [0.25, 0.3) is 5.69 Å². The molecular formula is C24H28N4O2S. The number of carbonyl (C=O) groups excluding carboxylic acids is 1. The van der Waals surface area contributed by atoms with E-state index in [1.165, 1.54) is 37.4 Å². The SMILES string of the molecule is CCOc1ccc(-n2c(C)cc(C(=O)CSc3nnc(C4CC4)n3C3CC3)c2C)cc1. The average Bonchev–Trinajstić information content (AvgIpc) is 3.70. The van der Waals surface area contributed by atoms with Crippen molar-refractivity contribution < 1.29 is 9.53 Å². The van der Waals surface area contributed by atoms with Gasteiger partial charge in [0.05, 0.1) is 12.4 Å². The van der Waals surface area contributed by atoms with Gasteiger partial charge >= 0.3 is 0 Å². The molecule has 31 heavy (non-hydrogen) atoms. The molecule has 0 spiro atoms. The van der Waals surface area contributed by atoms with Crippen molar-refractivity contribution in [2.24, 2.45) is 0 Å². The number of ketones is 1. The van der Waals surface area contributed by atoms with Gasteiger partial charge in [-0.05, 0) is 76.8 Å². The second-order valence-electron chi connectivity index (χ2n) is 8.48. The summed E-state index contributed by atoms with van der Waals surface area (Å²) in [5.74, 6) is 3.07. The highest BCUT2D eigenvalue weighted by atomic mass is 32.2. The number of benzene rings is 1. The van der Waals surface area contributed by atoms with Crippen molar-refractivity contribution in [3.05, 3.63) is 53.1 Å². The number of aromatic nitrogens is 4. The van der Waals surface area contributed by atoms with E-state index in [0.717, 1.165) is 39.4 Å². The summed E-state index contributed by atoms with van der Waals surface area (Å²) in [6, 6.07) is 10.5. The molecule has 2 aromatic heterocycles. The van der Waals surface area contributed by atoms with Gasteiger partial charge in [0, 0.05) is 34.6 Å². The molecule has 0 radical (unpaired) electrons. The number of hydrogen-bond donors (Lipinski definition) is 0. The molecule has 5 rings (SSSR count). The van der Waals surface area contributed by atoms with E-state index in [0.29, 0.717) is 24.3 Å². The Morgan fingerprint density at radius 1 is 1.13 bits per heavy atom. The molecule has 6 nitrogen and oxygen atoms in total. The first-order valence-corrected chi connectivity index (χ1v) is 12.1. The Morgan fingerprint density at radius 2 is 1.87 bits per heavy atom. The summed E-state index contributed by atoms with van der Waals surface area (Å²) in [5, 5.41) is 9.78. The van der Waals surface area contributed by atoms with Gasteiger partial charge in [0.1, 0.15) is 11.6 Å².